The lowest BCUT2D eigenvalue weighted by Gasteiger charge is -2.38. The van der Waals surface area contributed by atoms with Crippen LogP contribution in [0.1, 0.15) is 65.2 Å². The van der Waals surface area contributed by atoms with Gasteiger partial charge in [-0.1, -0.05) is 39.5 Å². The molecule has 2 rings (SSSR count). The molecule has 2 aliphatic rings. The standard InChI is InChI=1S/C17H30ClNO/c1-17(2)10-6-5-9-15(17)16(20)19-12-14-8-4-3-7-13(14)11-18/h13-15H,3-12H2,1-2H3,(H,19,20). The van der Waals surface area contributed by atoms with E-state index < -0.39 is 0 Å². The molecule has 0 spiro atoms. The van der Waals surface area contributed by atoms with Crippen LogP contribution in [0, 0.1) is 23.2 Å². The zero-order valence-electron chi connectivity index (χ0n) is 13.1. The maximum Gasteiger partial charge on any atom is 0.223 e. The lowest BCUT2D eigenvalue weighted by Crippen LogP contribution is -2.43. The molecule has 2 saturated carbocycles. The fourth-order valence-corrected chi connectivity index (χ4v) is 4.50. The van der Waals surface area contributed by atoms with Gasteiger partial charge < -0.3 is 5.32 Å². The third-order valence-corrected chi connectivity index (χ3v) is 6.02. The van der Waals surface area contributed by atoms with Crippen molar-refractivity contribution in [3.8, 4) is 0 Å². The van der Waals surface area contributed by atoms with Gasteiger partial charge >= 0.3 is 0 Å². The number of rotatable bonds is 4. The molecule has 0 radical (unpaired) electrons. The number of hydrogen-bond donors (Lipinski definition) is 1. The summed E-state index contributed by atoms with van der Waals surface area (Å²) < 4.78 is 0. The van der Waals surface area contributed by atoms with Crippen LogP contribution in [0.4, 0.5) is 0 Å². The summed E-state index contributed by atoms with van der Waals surface area (Å²) in [4.78, 5) is 12.5. The fourth-order valence-electron chi connectivity index (χ4n) is 4.09. The van der Waals surface area contributed by atoms with E-state index in [4.69, 9.17) is 11.6 Å². The van der Waals surface area contributed by atoms with Gasteiger partial charge in [0, 0.05) is 18.3 Å². The van der Waals surface area contributed by atoms with Crippen LogP contribution in [0.5, 0.6) is 0 Å². The van der Waals surface area contributed by atoms with Crippen molar-refractivity contribution >= 4 is 17.5 Å². The van der Waals surface area contributed by atoms with Crippen molar-refractivity contribution in [1.29, 1.82) is 0 Å². The van der Waals surface area contributed by atoms with Crippen molar-refractivity contribution in [3.05, 3.63) is 0 Å². The van der Waals surface area contributed by atoms with Crippen molar-refractivity contribution in [2.24, 2.45) is 23.2 Å². The van der Waals surface area contributed by atoms with E-state index in [-0.39, 0.29) is 17.2 Å². The summed E-state index contributed by atoms with van der Waals surface area (Å²) in [6, 6.07) is 0. The summed E-state index contributed by atoms with van der Waals surface area (Å²) in [5.74, 6) is 2.43. The van der Waals surface area contributed by atoms with Gasteiger partial charge in [-0.05, 0) is 42.9 Å². The zero-order valence-corrected chi connectivity index (χ0v) is 13.8. The maximum absolute atomic E-state index is 12.5. The van der Waals surface area contributed by atoms with Crippen molar-refractivity contribution in [1.82, 2.24) is 5.32 Å². The first-order valence-corrected chi connectivity index (χ1v) is 8.91. The van der Waals surface area contributed by atoms with E-state index in [2.05, 4.69) is 19.2 Å². The molecule has 2 fully saturated rings. The molecule has 20 heavy (non-hydrogen) atoms. The molecule has 0 aromatic carbocycles. The van der Waals surface area contributed by atoms with E-state index in [1.165, 1.54) is 44.9 Å². The van der Waals surface area contributed by atoms with E-state index in [0.29, 0.717) is 11.8 Å². The highest BCUT2D eigenvalue weighted by atomic mass is 35.5. The Hall–Kier alpha value is -0.240. The minimum atomic E-state index is 0.167. The summed E-state index contributed by atoms with van der Waals surface area (Å²) >= 11 is 6.07. The highest BCUT2D eigenvalue weighted by Gasteiger charge is 2.37. The number of alkyl halides is 1. The summed E-state index contributed by atoms with van der Waals surface area (Å²) in [6.45, 7) is 5.33. The van der Waals surface area contributed by atoms with Crippen LogP contribution in [0.2, 0.25) is 0 Å². The van der Waals surface area contributed by atoms with Gasteiger partial charge in [-0.2, -0.15) is 0 Å². The number of halogens is 1. The minimum Gasteiger partial charge on any atom is -0.356 e. The second-order valence-corrected chi connectivity index (χ2v) is 7.80. The van der Waals surface area contributed by atoms with E-state index in [1.807, 2.05) is 0 Å². The summed E-state index contributed by atoms with van der Waals surface area (Å²) in [5, 5.41) is 3.24. The normalized spacial score (nSPS) is 33.6. The average Bonchev–Trinajstić information content (AvgIpc) is 2.44. The molecule has 1 N–H and O–H groups in total. The summed E-state index contributed by atoms with van der Waals surface area (Å²) in [5.41, 5.74) is 0.167. The molecule has 0 aromatic heterocycles. The Morgan fingerprint density at radius 1 is 1.10 bits per heavy atom. The Morgan fingerprint density at radius 2 is 1.75 bits per heavy atom. The Bertz CT molecular complexity index is 329. The molecule has 3 atom stereocenters. The van der Waals surface area contributed by atoms with Crippen molar-refractivity contribution in [2.45, 2.75) is 65.2 Å². The minimum absolute atomic E-state index is 0.167. The molecular formula is C17H30ClNO. The molecular weight excluding hydrogens is 270 g/mol. The van der Waals surface area contributed by atoms with Gasteiger partial charge in [0.1, 0.15) is 0 Å². The summed E-state index contributed by atoms with van der Waals surface area (Å²) in [6.07, 6.45) is 9.77. The Balaban J connectivity index is 1.84. The molecule has 0 heterocycles. The number of carbonyl (C=O) groups is 1. The highest BCUT2D eigenvalue weighted by Crippen LogP contribution is 2.40. The fraction of sp³-hybridized carbons (Fsp3) is 0.941. The smallest absolute Gasteiger partial charge is 0.223 e. The van der Waals surface area contributed by atoms with Gasteiger partial charge in [0.15, 0.2) is 0 Å². The average molecular weight is 300 g/mol. The SMILES string of the molecule is CC1(C)CCCCC1C(=O)NCC1CCCCC1CCl. The quantitative estimate of drug-likeness (QED) is 0.768. The van der Waals surface area contributed by atoms with Crippen molar-refractivity contribution in [3.63, 3.8) is 0 Å². The topological polar surface area (TPSA) is 29.1 Å². The lowest BCUT2D eigenvalue weighted by molar-refractivity contribution is -0.130. The molecule has 0 aromatic rings. The first-order valence-electron chi connectivity index (χ1n) is 8.38. The number of hydrogen-bond acceptors (Lipinski definition) is 1. The molecule has 116 valence electrons. The number of amides is 1. The van der Waals surface area contributed by atoms with E-state index >= 15 is 0 Å². The Kier molecular flexibility index (Phi) is 5.77. The third kappa shape index (κ3) is 3.90. The molecule has 3 heteroatoms. The van der Waals surface area contributed by atoms with Crippen LogP contribution in [-0.4, -0.2) is 18.3 Å². The first-order chi connectivity index (χ1) is 9.54. The molecule has 1 amide bonds. The molecule has 0 saturated heterocycles. The zero-order chi connectivity index (χ0) is 14.6. The second-order valence-electron chi connectivity index (χ2n) is 7.49. The molecule has 3 unspecified atom stereocenters. The molecule has 2 aliphatic carbocycles. The molecule has 2 nitrogen and oxygen atoms in total. The van der Waals surface area contributed by atoms with Crippen molar-refractivity contribution < 1.29 is 4.79 Å². The van der Waals surface area contributed by atoms with Crippen LogP contribution in [-0.2, 0) is 4.79 Å². The molecule has 0 bridgehead atoms. The van der Waals surface area contributed by atoms with Crippen LogP contribution in [0.25, 0.3) is 0 Å². The summed E-state index contributed by atoms with van der Waals surface area (Å²) in [7, 11) is 0. The number of nitrogens with one attached hydrogen (secondary N) is 1. The number of carbonyl (C=O) groups excluding carboxylic acids is 1. The van der Waals surface area contributed by atoms with Gasteiger partial charge in [-0.15, -0.1) is 11.6 Å². The second kappa shape index (κ2) is 7.15. The van der Waals surface area contributed by atoms with Gasteiger partial charge in [0.2, 0.25) is 5.91 Å². The largest absolute Gasteiger partial charge is 0.356 e. The van der Waals surface area contributed by atoms with Gasteiger partial charge in [0.05, 0.1) is 0 Å². The highest BCUT2D eigenvalue weighted by molar-refractivity contribution is 6.18. The van der Waals surface area contributed by atoms with E-state index in [0.717, 1.165) is 18.8 Å². The monoisotopic (exact) mass is 299 g/mol. The van der Waals surface area contributed by atoms with Crippen LogP contribution in [0.15, 0.2) is 0 Å². The van der Waals surface area contributed by atoms with Crippen molar-refractivity contribution in [2.75, 3.05) is 12.4 Å². The lowest BCUT2D eigenvalue weighted by atomic mass is 9.68. The predicted octanol–water partition coefficient (Wildman–Crippen LogP) is 4.36. The van der Waals surface area contributed by atoms with E-state index in [1.54, 1.807) is 0 Å². The van der Waals surface area contributed by atoms with Gasteiger partial charge in [-0.25, -0.2) is 0 Å². The Morgan fingerprint density at radius 3 is 2.40 bits per heavy atom. The van der Waals surface area contributed by atoms with E-state index in [9.17, 15) is 4.79 Å². The molecule has 0 aliphatic heterocycles. The Labute approximate surface area is 129 Å². The third-order valence-electron chi connectivity index (χ3n) is 5.63. The van der Waals surface area contributed by atoms with Crippen LogP contribution in [0.3, 0.4) is 0 Å². The van der Waals surface area contributed by atoms with Crippen LogP contribution < -0.4 is 5.32 Å². The van der Waals surface area contributed by atoms with Gasteiger partial charge in [0.25, 0.3) is 0 Å². The van der Waals surface area contributed by atoms with Crippen LogP contribution >= 0.6 is 11.6 Å². The maximum atomic E-state index is 12.5. The predicted molar refractivity (Wildman–Crippen MR) is 84.9 cm³/mol. The van der Waals surface area contributed by atoms with Gasteiger partial charge in [-0.3, -0.25) is 4.79 Å². The first kappa shape index (κ1) is 16.1.